The molecule has 0 saturated heterocycles. The third-order valence-electron chi connectivity index (χ3n) is 3.08. The molecule has 0 aromatic heterocycles. The molecule has 0 bridgehead atoms. The van der Waals surface area contributed by atoms with Gasteiger partial charge in [0, 0.05) is 24.7 Å². The molecule has 0 aromatic carbocycles. The fraction of sp³-hybridized carbons (Fsp3) is 0.875. The molecule has 0 N–H and O–H groups in total. The normalized spacial score (nSPS) is 11.9. The van der Waals surface area contributed by atoms with E-state index in [4.69, 9.17) is 0 Å². The van der Waals surface area contributed by atoms with E-state index in [1.165, 1.54) is 0 Å². The minimum atomic E-state index is -0.201. The van der Waals surface area contributed by atoms with Gasteiger partial charge in [0.25, 0.3) is 0 Å². The SMILES string of the molecule is CC(C)CC(=O)CCCCCCC(=O)C(C)(C)C. The average molecular weight is 254 g/mol. The van der Waals surface area contributed by atoms with Gasteiger partial charge in [-0.1, -0.05) is 47.5 Å². The third kappa shape index (κ3) is 9.38. The molecule has 18 heavy (non-hydrogen) atoms. The van der Waals surface area contributed by atoms with Crippen molar-refractivity contribution in [2.24, 2.45) is 11.3 Å². The van der Waals surface area contributed by atoms with Gasteiger partial charge in [0.1, 0.15) is 11.6 Å². The van der Waals surface area contributed by atoms with Crippen LogP contribution in [0, 0.1) is 11.3 Å². The van der Waals surface area contributed by atoms with E-state index in [9.17, 15) is 9.59 Å². The molecule has 2 nitrogen and oxygen atoms in total. The quantitative estimate of drug-likeness (QED) is 0.565. The van der Waals surface area contributed by atoms with Crippen LogP contribution < -0.4 is 0 Å². The molecule has 0 atom stereocenters. The van der Waals surface area contributed by atoms with E-state index in [1.54, 1.807) is 0 Å². The molecule has 2 heteroatoms. The van der Waals surface area contributed by atoms with Gasteiger partial charge >= 0.3 is 0 Å². The molecule has 0 aliphatic carbocycles. The van der Waals surface area contributed by atoms with Gasteiger partial charge in [0.15, 0.2) is 0 Å². The summed E-state index contributed by atoms with van der Waals surface area (Å²) in [6.45, 7) is 10.1. The van der Waals surface area contributed by atoms with Crippen molar-refractivity contribution in [1.82, 2.24) is 0 Å². The van der Waals surface area contributed by atoms with E-state index < -0.39 is 0 Å². The van der Waals surface area contributed by atoms with Crippen molar-refractivity contribution in [3.8, 4) is 0 Å². The average Bonchev–Trinajstić information content (AvgIpc) is 2.20. The van der Waals surface area contributed by atoms with Crippen LogP contribution in [0.2, 0.25) is 0 Å². The Hall–Kier alpha value is -0.660. The van der Waals surface area contributed by atoms with Crippen molar-refractivity contribution in [2.45, 2.75) is 79.6 Å². The highest BCUT2D eigenvalue weighted by Gasteiger charge is 2.19. The second-order valence-electron chi connectivity index (χ2n) is 6.72. The zero-order valence-electron chi connectivity index (χ0n) is 12.8. The van der Waals surface area contributed by atoms with Crippen molar-refractivity contribution >= 4 is 11.6 Å². The van der Waals surface area contributed by atoms with Crippen molar-refractivity contribution in [1.29, 1.82) is 0 Å². The fourth-order valence-corrected chi connectivity index (χ4v) is 1.89. The summed E-state index contributed by atoms with van der Waals surface area (Å²) in [4.78, 5) is 23.1. The highest BCUT2D eigenvalue weighted by atomic mass is 16.1. The van der Waals surface area contributed by atoms with Crippen LogP contribution in [0.4, 0.5) is 0 Å². The van der Waals surface area contributed by atoms with Crippen LogP contribution in [0.15, 0.2) is 0 Å². The minimum absolute atomic E-state index is 0.201. The zero-order valence-corrected chi connectivity index (χ0v) is 12.8. The van der Waals surface area contributed by atoms with Crippen molar-refractivity contribution in [2.75, 3.05) is 0 Å². The van der Waals surface area contributed by atoms with Gasteiger partial charge in [0.05, 0.1) is 0 Å². The Bertz CT molecular complexity index is 259. The molecule has 0 fully saturated rings. The summed E-state index contributed by atoms with van der Waals surface area (Å²) in [5, 5.41) is 0. The summed E-state index contributed by atoms with van der Waals surface area (Å²) in [6, 6.07) is 0. The van der Waals surface area contributed by atoms with E-state index >= 15 is 0 Å². The zero-order chi connectivity index (χ0) is 14.2. The number of Topliss-reactive ketones (excluding diaryl/α,β-unsaturated/α-hetero) is 2. The van der Waals surface area contributed by atoms with Crippen LogP contribution in [0.25, 0.3) is 0 Å². The predicted molar refractivity (Wildman–Crippen MR) is 76.6 cm³/mol. The lowest BCUT2D eigenvalue weighted by Crippen LogP contribution is -2.19. The van der Waals surface area contributed by atoms with Gasteiger partial charge in [-0.25, -0.2) is 0 Å². The van der Waals surface area contributed by atoms with Gasteiger partial charge < -0.3 is 0 Å². The first-order valence-electron chi connectivity index (χ1n) is 7.28. The van der Waals surface area contributed by atoms with Gasteiger partial charge in [-0.15, -0.1) is 0 Å². The summed E-state index contributed by atoms with van der Waals surface area (Å²) < 4.78 is 0. The maximum absolute atomic E-state index is 11.7. The molecule has 0 amide bonds. The number of ketones is 2. The molecule has 0 unspecified atom stereocenters. The molecule has 106 valence electrons. The van der Waals surface area contributed by atoms with E-state index in [2.05, 4.69) is 13.8 Å². The Morgan fingerprint density at radius 1 is 0.889 bits per heavy atom. The molecule has 0 heterocycles. The summed E-state index contributed by atoms with van der Waals surface area (Å²) in [5.74, 6) is 1.20. The Morgan fingerprint density at radius 2 is 1.39 bits per heavy atom. The van der Waals surface area contributed by atoms with E-state index in [-0.39, 0.29) is 5.41 Å². The number of carbonyl (C=O) groups is 2. The van der Waals surface area contributed by atoms with Crippen LogP contribution >= 0.6 is 0 Å². The highest BCUT2D eigenvalue weighted by Crippen LogP contribution is 2.19. The van der Waals surface area contributed by atoms with Crippen molar-refractivity contribution in [3.05, 3.63) is 0 Å². The molecule has 0 saturated carbocycles. The molecule has 0 aliphatic rings. The first-order valence-corrected chi connectivity index (χ1v) is 7.28. The Labute approximate surface area is 113 Å². The van der Waals surface area contributed by atoms with Crippen LogP contribution in [0.1, 0.15) is 79.6 Å². The molecule has 0 radical (unpaired) electrons. The second-order valence-corrected chi connectivity index (χ2v) is 6.72. The molecule has 0 spiro atoms. The van der Waals surface area contributed by atoms with E-state index in [0.717, 1.165) is 25.7 Å². The summed E-state index contributed by atoms with van der Waals surface area (Å²) in [6.07, 6.45) is 6.19. The smallest absolute Gasteiger partial charge is 0.138 e. The molecule has 0 rings (SSSR count). The maximum Gasteiger partial charge on any atom is 0.138 e. The standard InChI is InChI=1S/C16H30O2/c1-13(2)12-14(17)10-8-6-7-9-11-15(18)16(3,4)5/h13H,6-12H2,1-5H3. The van der Waals surface area contributed by atoms with Gasteiger partial charge in [-0.3, -0.25) is 9.59 Å². The Balaban J connectivity index is 3.47. The van der Waals surface area contributed by atoms with E-state index in [0.29, 0.717) is 36.7 Å². The van der Waals surface area contributed by atoms with Crippen LogP contribution in [0.3, 0.4) is 0 Å². The molecule has 0 aromatic rings. The first-order chi connectivity index (χ1) is 8.23. The van der Waals surface area contributed by atoms with Crippen LogP contribution in [-0.2, 0) is 9.59 Å². The Morgan fingerprint density at radius 3 is 1.83 bits per heavy atom. The lowest BCUT2D eigenvalue weighted by atomic mass is 9.88. The highest BCUT2D eigenvalue weighted by molar-refractivity contribution is 5.83. The summed E-state index contributed by atoms with van der Waals surface area (Å²) in [7, 11) is 0. The molecule has 0 aliphatic heterocycles. The predicted octanol–water partition coefficient (Wildman–Crippen LogP) is 4.56. The largest absolute Gasteiger partial charge is 0.300 e. The minimum Gasteiger partial charge on any atom is -0.300 e. The fourth-order valence-electron chi connectivity index (χ4n) is 1.89. The maximum atomic E-state index is 11.7. The van der Waals surface area contributed by atoms with E-state index in [1.807, 2.05) is 20.8 Å². The topological polar surface area (TPSA) is 34.1 Å². The van der Waals surface area contributed by atoms with Gasteiger partial charge in [-0.05, 0) is 18.8 Å². The Kier molecular flexibility index (Phi) is 8.13. The number of hydrogen-bond donors (Lipinski definition) is 0. The van der Waals surface area contributed by atoms with Gasteiger partial charge in [0.2, 0.25) is 0 Å². The number of carbonyl (C=O) groups excluding carboxylic acids is 2. The molecular weight excluding hydrogens is 224 g/mol. The monoisotopic (exact) mass is 254 g/mol. The molecular formula is C16H30O2. The van der Waals surface area contributed by atoms with Crippen LogP contribution in [-0.4, -0.2) is 11.6 Å². The first kappa shape index (κ1) is 17.3. The number of hydrogen-bond acceptors (Lipinski definition) is 2. The summed E-state index contributed by atoms with van der Waals surface area (Å²) in [5.41, 5.74) is -0.201. The number of rotatable bonds is 9. The van der Waals surface area contributed by atoms with Gasteiger partial charge in [-0.2, -0.15) is 0 Å². The van der Waals surface area contributed by atoms with Crippen molar-refractivity contribution in [3.63, 3.8) is 0 Å². The number of unbranched alkanes of at least 4 members (excludes halogenated alkanes) is 3. The van der Waals surface area contributed by atoms with Crippen LogP contribution in [0.5, 0.6) is 0 Å². The third-order valence-corrected chi connectivity index (χ3v) is 3.08. The van der Waals surface area contributed by atoms with Crippen molar-refractivity contribution < 1.29 is 9.59 Å². The lowest BCUT2D eigenvalue weighted by molar-refractivity contribution is -0.126. The summed E-state index contributed by atoms with van der Waals surface area (Å²) >= 11 is 0. The second kappa shape index (κ2) is 8.44. The lowest BCUT2D eigenvalue weighted by Gasteiger charge is -2.16.